The highest BCUT2D eigenvalue weighted by Crippen LogP contribution is 2.43. The van der Waals surface area contributed by atoms with Crippen molar-refractivity contribution in [3.05, 3.63) is 29.8 Å². The van der Waals surface area contributed by atoms with Crippen LogP contribution in [0.4, 0.5) is 13.2 Å². The summed E-state index contributed by atoms with van der Waals surface area (Å²) in [7, 11) is 0. The monoisotopic (exact) mass is 358 g/mol. The Hall–Kier alpha value is -1.80. The van der Waals surface area contributed by atoms with Gasteiger partial charge in [0.05, 0.1) is 0 Å². The average molecular weight is 358 g/mol. The molecule has 2 heterocycles. The van der Waals surface area contributed by atoms with Crippen molar-refractivity contribution < 1.29 is 27.8 Å². The Bertz CT molecular complexity index is 613. The molecule has 0 bridgehead atoms. The van der Waals surface area contributed by atoms with Gasteiger partial charge in [0, 0.05) is 31.2 Å². The van der Waals surface area contributed by atoms with Gasteiger partial charge in [0.2, 0.25) is 0 Å². The number of aliphatic hydroxyl groups excluding tert-OH is 1. The fourth-order valence-corrected chi connectivity index (χ4v) is 3.91. The third-order valence-corrected chi connectivity index (χ3v) is 5.25. The third kappa shape index (κ3) is 3.90. The lowest BCUT2D eigenvalue weighted by Crippen LogP contribution is -2.43. The first-order chi connectivity index (χ1) is 11.8. The van der Waals surface area contributed by atoms with Gasteiger partial charge in [-0.2, -0.15) is 0 Å². The quantitative estimate of drug-likeness (QED) is 0.868. The molecule has 1 atom stereocenters. The van der Waals surface area contributed by atoms with Gasteiger partial charge in [-0.15, -0.1) is 13.2 Å². The van der Waals surface area contributed by atoms with Crippen LogP contribution in [0.5, 0.6) is 5.75 Å². The fraction of sp³-hybridized carbons (Fsp3) is 0.588. The van der Waals surface area contributed by atoms with E-state index in [1.807, 2.05) is 0 Å². The van der Waals surface area contributed by atoms with Gasteiger partial charge in [-0.1, -0.05) is 0 Å². The first-order valence-corrected chi connectivity index (χ1v) is 8.30. The Morgan fingerprint density at radius 2 is 1.92 bits per heavy atom. The van der Waals surface area contributed by atoms with Gasteiger partial charge in [0.25, 0.3) is 5.91 Å². The molecular weight excluding hydrogens is 337 g/mol. The summed E-state index contributed by atoms with van der Waals surface area (Å²) in [4.78, 5) is 14.4. The van der Waals surface area contributed by atoms with Crippen molar-refractivity contribution >= 4 is 5.91 Å². The molecule has 25 heavy (non-hydrogen) atoms. The molecule has 1 aromatic rings. The van der Waals surface area contributed by atoms with Crippen LogP contribution in [0.3, 0.4) is 0 Å². The van der Waals surface area contributed by atoms with Crippen LogP contribution in [0.15, 0.2) is 24.3 Å². The summed E-state index contributed by atoms with van der Waals surface area (Å²) in [5.41, 5.74) is 0.242. The van der Waals surface area contributed by atoms with Gasteiger partial charge < -0.3 is 20.1 Å². The average Bonchev–Trinajstić information content (AvgIpc) is 2.92. The number of benzene rings is 1. The molecule has 5 nitrogen and oxygen atoms in total. The van der Waals surface area contributed by atoms with Crippen LogP contribution in [0.2, 0.25) is 0 Å². The molecule has 1 aromatic carbocycles. The van der Waals surface area contributed by atoms with Gasteiger partial charge in [0.15, 0.2) is 0 Å². The summed E-state index contributed by atoms with van der Waals surface area (Å²) >= 11 is 0. The van der Waals surface area contributed by atoms with E-state index in [4.69, 9.17) is 0 Å². The maximum Gasteiger partial charge on any atom is 0.573 e. The summed E-state index contributed by atoms with van der Waals surface area (Å²) in [5.74, 6) is -0.549. The molecule has 2 fully saturated rings. The number of ether oxygens (including phenoxy) is 1. The molecule has 1 amide bonds. The fourth-order valence-electron chi connectivity index (χ4n) is 3.91. The number of piperidine rings is 1. The number of nitrogens with one attached hydrogen (secondary N) is 1. The summed E-state index contributed by atoms with van der Waals surface area (Å²) in [6.07, 6.45) is -2.95. The SMILES string of the molecule is O=C(c1ccc(OC(F)(F)F)cc1)N1CC(CO)C2(CCNCC2)C1. The molecule has 8 heteroatoms. The smallest absolute Gasteiger partial charge is 0.406 e. The standard InChI is InChI=1S/C17H21F3N2O3/c18-17(19,20)25-14-3-1-12(2-4-14)15(24)22-9-13(10-23)16(11-22)5-7-21-8-6-16/h1-4,13,21,23H,5-11H2. The zero-order valence-electron chi connectivity index (χ0n) is 13.7. The highest BCUT2D eigenvalue weighted by molar-refractivity contribution is 5.94. The van der Waals surface area contributed by atoms with Gasteiger partial charge in [-0.05, 0) is 55.6 Å². The lowest BCUT2D eigenvalue weighted by Gasteiger charge is -2.37. The van der Waals surface area contributed by atoms with Crippen LogP contribution < -0.4 is 10.1 Å². The number of hydrogen-bond acceptors (Lipinski definition) is 4. The number of alkyl halides is 3. The maximum atomic E-state index is 12.7. The molecule has 1 unspecified atom stereocenters. The Balaban J connectivity index is 1.71. The Morgan fingerprint density at radius 3 is 2.48 bits per heavy atom. The van der Waals surface area contributed by atoms with Gasteiger partial charge in [-0.3, -0.25) is 4.79 Å². The number of hydrogen-bond donors (Lipinski definition) is 2. The van der Waals surface area contributed by atoms with E-state index in [2.05, 4.69) is 10.1 Å². The molecule has 3 rings (SSSR count). The molecule has 2 N–H and O–H groups in total. The Morgan fingerprint density at radius 1 is 1.28 bits per heavy atom. The number of likely N-dealkylation sites (tertiary alicyclic amines) is 1. The van der Waals surface area contributed by atoms with Gasteiger partial charge in [-0.25, -0.2) is 0 Å². The lowest BCUT2D eigenvalue weighted by atomic mass is 9.71. The van der Waals surface area contributed by atoms with E-state index < -0.39 is 6.36 Å². The molecular formula is C17H21F3N2O3. The minimum Gasteiger partial charge on any atom is -0.406 e. The van der Waals surface area contributed by atoms with Crippen molar-refractivity contribution in [2.45, 2.75) is 19.2 Å². The van der Waals surface area contributed by atoms with Crippen LogP contribution in [0.1, 0.15) is 23.2 Å². The number of halogens is 3. The van der Waals surface area contributed by atoms with Gasteiger partial charge >= 0.3 is 6.36 Å². The molecule has 0 aliphatic carbocycles. The van der Waals surface area contributed by atoms with Gasteiger partial charge in [0.1, 0.15) is 5.75 Å². The number of carbonyl (C=O) groups is 1. The van der Waals surface area contributed by atoms with Crippen molar-refractivity contribution in [2.24, 2.45) is 11.3 Å². The normalized spacial score (nSPS) is 23.0. The van der Waals surface area contributed by atoms with E-state index in [0.29, 0.717) is 18.7 Å². The topological polar surface area (TPSA) is 61.8 Å². The minimum absolute atomic E-state index is 0.0299. The highest BCUT2D eigenvalue weighted by Gasteiger charge is 2.47. The van der Waals surface area contributed by atoms with Crippen molar-refractivity contribution in [1.29, 1.82) is 0 Å². The third-order valence-electron chi connectivity index (χ3n) is 5.25. The zero-order valence-corrected chi connectivity index (χ0v) is 13.7. The van der Waals surface area contributed by atoms with Crippen LogP contribution in [-0.2, 0) is 0 Å². The zero-order chi connectivity index (χ0) is 18.1. The van der Waals surface area contributed by atoms with E-state index >= 15 is 0 Å². The summed E-state index contributed by atoms with van der Waals surface area (Å²) < 4.78 is 40.4. The number of aliphatic hydroxyl groups is 1. The molecule has 2 saturated heterocycles. The van der Waals surface area contributed by atoms with Crippen LogP contribution >= 0.6 is 0 Å². The highest BCUT2D eigenvalue weighted by atomic mass is 19.4. The first kappa shape index (κ1) is 18.0. The number of amides is 1. The second kappa shape index (κ2) is 6.84. The molecule has 1 spiro atoms. The number of rotatable bonds is 3. The molecule has 0 saturated carbocycles. The van der Waals surface area contributed by atoms with E-state index in [9.17, 15) is 23.1 Å². The summed E-state index contributed by atoms with van der Waals surface area (Å²) in [6, 6.07) is 4.96. The van der Waals surface area contributed by atoms with Crippen LogP contribution in [-0.4, -0.2) is 55.1 Å². The largest absolute Gasteiger partial charge is 0.573 e. The van der Waals surface area contributed by atoms with E-state index in [1.165, 1.54) is 12.1 Å². The van der Waals surface area contributed by atoms with Crippen molar-refractivity contribution in [1.82, 2.24) is 10.2 Å². The van der Waals surface area contributed by atoms with E-state index in [0.717, 1.165) is 38.1 Å². The minimum atomic E-state index is -4.75. The van der Waals surface area contributed by atoms with E-state index in [-0.39, 0.29) is 29.6 Å². The first-order valence-electron chi connectivity index (χ1n) is 8.30. The molecule has 138 valence electrons. The van der Waals surface area contributed by atoms with Crippen LogP contribution in [0.25, 0.3) is 0 Å². The van der Waals surface area contributed by atoms with Crippen LogP contribution in [0, 0.1) is 11.3 Å². The summed E-state index contributed by atoms with van der Waals surface area (Å²) in [6.45, 7) is 2.79. The number of nitrogens with zero attached hydrogens (tertiary/aromatic N) is 1. The Kier molecular flexibility index (Phi) is 4.92. The number of carbonyl (C=O) groups excluding carboxylic acids is 1. The van der Waals surface area contributed by atoms with Crippen molar-refractivity contribution in [3.8, 4) is 5.75 Å². The second-order valence-electron chi connectivity index (χ2n) is 6.75. The molecule has 2 aliphatic heterocycles. The predicted octanol–water partition coefficient (Wildman–Crippen LogP) is 2.02. The lowest BCUT2D eigenvalue weighted by molar-refractivity contribution is -0.274. The molecule has 0 aromatic heterocycles. The Labute approximate surface area is 143 Å². The summed E-state index contributed by atoms with van der Waals surface area (Å²) in [5, 5.41) is 13.0. The maximum absolute atomic E-state index is 12.7. The molecule has 2 aliphatic rings. The molecule has 0 radical (unpaired) electrons. The van der Waals surface area contributed by atoms with E-state index in [1.54, 1.807) is 4.90 Å². The predicted molar refractivity (Wildman–Crippen MR) is 84.1 cm³/mol. The second-order valence-corrected chi connectivity index (χ2v) is 6.75. The van der Waals surface area contributed by atoms with Crippen molar-refractivity contribution in [2.75, 3.05) is 32.8 Å². The van der Waals surface area contributed by atoms with Crippen molar-refractivity contribution in [3.63, 3.8) is 0 Å².